The zero-order valence-corrected chi connectivity index (χ0v) is 61.6. The van der Waals surface area contributed by atoms with E-state index in [0.29, 0.717) is 47.8 Å². The van der Waals surface area contributed by atoms with Crippen LogP contribution in [0.2, 0.25) is 0 Å². The van der Waals surface area contributed by atoms with Gasteiger partial charge in [0, 0.05) is 180 Å². The van der Waals surface area contributed by atoms with Crippen molar-refractivity contribution in [1.82, 2.24) is 37.9 Å². The lowest BCUT2D eigenvalue weighted by Gasteiger charge is -2.25. The number of fused-ring (bicyclic) bond motifs is 12. The second kappa shape index (κ2) is 31.4. The minimum Gasteiger partial charge on any atom is -0.619 e. The fourth-order valence-electron chi connectivity index (χ4n) is 15.9. The van der Waals surface area contributed by atoms with Crippen molar-refractivity contribution in [3.05, 3.63) is 275 Å². The third-order valence-corrected chi connectivity index (χ3v) is 21.5. The van der Waals surface area contributed by atoms with Crippen molar-refractivity contribution in [2.45, 2.75) is 131 Å². The predicted octanol–water partition coefficient (Wildman–Crippen LogP) is 11.3. The Kier molecular flexibility index (Phi) is 21.9. The molecule has 0 spiro atoms. The van der Waals surface area contributed by atoms with E-state index in [1.165, 1.54) is 125 Å². The molecule has 0 saturated carbocycles. The minimum atomic E-state index is -0.957. The van der Waals surface area contributed by atoms with Gasteiger partial charge in [0.15, 0.2) is 30.6 Å². The average Bonchev–Trinajstić information content (AvgIpc) is 1.63. The summed E-state index contributed by atoms with van der Waals surface area (Å²) in [6, 6.07) is 44.6. The van der Waals surface area contributed by atoms with E-state index >= 15 is 0 Å². The monoisotopic (exact) mass is 1420 g/mol. The third-order valence-electron chi connectivity index (χ3n) is 21.5. The van der Waals surface area contributed by atoms with Gasteiger partial charge in [0.2, 0.25) is 0 Å². The van der Waals surface area contributed by atoms with Crippen LogP contribution >= 0.6 is 0 Å². The summed E-state index contributed by atoms with van der Waals surface area (Å²) in [6.07, 6.45) is 7.50. The molecule has 546 valence electrons. The largest absolute Gasteiger partial charge is 0.619 e. The molecule has 3 atom stereocenters. The van der Waals surface area contributed by atoms with E-state index in [1.54, 1.807) is 55.6 Å². The van der Waals surface area contributed by atoms with Crippen LogP contribution in [0.3, 0.4) is 0 Å². The first-order valence-electron chi connectivity index (χ1n) is 36.2. The number of aliphatic hydroxyl groups excluding tert-OH is 4. The number of carbonyl (C=O) groups excluding carboxylic acids is 1. The Hall–Kier alpha value is -10.0. The fraction of sp³-hybridized carbons (Fsp3) is 0.341. The zero-order chi connectivity index (χ0) is 74.1. The molecule has 4 aliphatic rings. The quantitative estimate of drug-likeness (QED) is 0.0365. The molecule has 12 aromatic rings. The van der Waals surface area contributed by atoms with Crippen molar-refractivity contribution in [2.24, 2.45) is 0 Å². The van der Waals surface area contributed by atoms with Gasteiger partial charge in [-0.1, -0.05) is 64.7 Å². The third kappa shape index (κ3) is 15.7. The van der Waals surface area contributed by atoms with E-state index in [4.69, 9.17) is 9.84 Å². The van der Waals surface area contributed by atoms with Crippen LogP contribution < -0.4 is 14.2 Å². The summed E-state index contributed by atoms with van der Waals surface area (Å²) in [4.78, 5) is 33.1. The van der Waals surface area contributed by atoms with Crippen molar-refractivity contribution in [2.75, 3.05) is 61.5 Å². The number of rotatable bonds is 15. The summed E-state index contributed by atoms with van der Waals surface area (Å²) in [5, 5.41) is 78.6. The number of ketones is 1. The van der Waals surface area contributed by atoms with Crippen LogP contribution in [0.25, 0.3) is 43.6 Å². The molecule has 0 aliphatic carbocycles. The van der Waals surface area contributed by atoms with Crippen LogP contribution in [0.1, 0.15) is 129 Å². The second-order valence-electron chi connectivity index (χ2n) is 29.2. The second-order valence-corrected chi connectivity index (χ2v) is 29.2. The van der Waals surface area contributed by atoms with Crippen molar-refractivity contribution >= 4 is 55.4 Å². The van der Waals surface area contributed by atoms with Gasteiger partial charge in [0.25, 0.3) is 0 Å². The van der Waals surface area contributed by atoms with Gasteiger partial charge < -0.3 is 78.6 Å². The molecule has 105 heavy (non-hydrogen) atoms. The van der Waals surface area contributed by atoms with E-state index in [2.05, 4.69) is 167 Å². The first-order valence-corrected chi connectivity index (χ1v) is 36.2. The molecule has 16 rings (SSSR count). The summed E-state index contributed by atoms with van der Waals surface area (Å²) in [7, 11) is 10.2. The van der Waals surface area contributed by atoms with Crippen molar-refractivity contribution in [1.29, 1.82) is 0 Å². The van der Waals surface area contributed by atoms with E-state index in [-0.39, 0.29) is 18.0 Å². The molecule has 20 nitrogen and oxygen atoms in total. The van der Waals surface area contributed by atoms with Crippen LogP contribution in [0.15, 0.2) is 164 Å². The standard InChI is InChI=1S/C23H28N2O3.C22H24N2O3.C20H23N3O2.C20H21N3O2/c1-15-4-6-20-18(10-15)19-12-24(2)9-8-21(19)25(20)13-22(27)16-5-7-23(28-3)17(11-16)14-26;1-14-3-8-19-17(11-14)18-12-23(2)10-9-20(18)24(19)13-21(25)15-4-6-16(7-5-15)22(26)27;2*1-14-3-4-18-16(11-14)17-12-21(2)8-7-19(17)23(18)13-20(24)15-5-9-22(25)10-6-15/h4-7,10-11,22,26-27H,8-9,12-14H2,1-3H3;3-8,11,21,25H,9-10,12-13H2,1-2H3,(H,26,27);3-6,9-11,20,24H,7-8,12-13H2,1-2H3;3-6,9-11H,7-8,12-13H2,1-2H3. The molecule has 0 radical (unpaired) electrons. The highest BCUT2D eigenvalue weighted by molar-refractivity contribution is 5.97. The lowest BCUT2D eigenvalue weighted by atomic mass is 10.0. The van der Waals surface area contributed by atoms with Gasteiger partial charge in [0.1, 0.15) is 5.75 Å². The number of aryl methyl sites for hydroxylation is 4. The van der Waals surface area contributed by atoms with Crippen LogP contribution in [-0.2, 0) is 84.6 Å². The van der Waals surface area contributed by atoms with Crippen molar-refractivity contribution in [3.8, 4) is 5.75 Å². The molecule has 6 aromatic carbocycles. The Bertz CT molecular complexity index is 5170. The molecule has 0 bridgehead atoms. The number of carbonyl (C=O) groups is 2. The number of hydrogen-bond donors (Lipinski definition) is 5. The first-order chi connectivity index (χ1) is 50.5. The normalized spacial score (nSPS) is 15.5. The van der Waals surface area contributed by atoms with Gasteiger partial charge in [-0.3, -0.25) is 4.79 Å². The smallest absolute Gasteiger partial charge is 0.335 e. The summed E-state index contributed by atoms with van der Waals surface area (Å²) in [6.45, 7) is 17.9. The Balaban J connectivity index is 0.000000124. The number of likely N-dealkylation sites (N-methyl/N-ethyl adjacent to an activating group) is 4. The number of aromatic nitrogens is 6. The van der Waals surface area contributed by atoms with Gasteiger partial charge in [0.05, 0.1) is 63.8 Å². The Morgan fingerprint density at radius 2 is 0.771 bits per heavy atom. The van der Waals surface area contributed by atoms with Gasteiger partial charge in [-0.05, 0) is 168 Å². The molecule has 0 amide bonds. The highest BCUT2D eigenvalue weighted by atomic mass is 16.5. The molecule has 4 aliphatic heterocycles. The molecule has 3 unspecified atom stereocenters. The lowest BCUT2D eigenvalue weighted by Crippen LogP contribution is -2.28. The van der Waals surface area contributed by atoms with E-state index < -0.39 is 24.3 Å². The molecule has 20 heteroatoms. The average molecular weight is 1420 g/mol. The molecular weight excluding hydrogens is 1320 g/mol. The number of methoxy groups -OCH3 is 1. The summed E-state index contributed by atoms with van der Waals surface area (Å²) >= 11 is 0. The number of nitrogens with zero attached hydrogens (tertiary/aromatic N) is 10. The first kappa shape index (κ1) is 73.3. The predicted molar refractivity (Wildman–Crippen MR) is 409 cm³/mol. The molecule has 0 saturated heterocycles. The van der Waals surface area contributed by atoms with Gasteiger partial charge in [-0.25, -0.2) is 4.79 Å². The number of ether oxygens (including phenoxy) is 1. The zero-order valence-electron chi connectivity index (χ0n) is 61.6. The topological polar surface area (TPSA) is 231 Å². The number of Topliss-reactive ketones (excluding diaryl/α,β-unsaturated/α-hetero) is 1. The maximum Gasteiger partial charge on any atom is 0.335 e. The SMILES string of the molecule is COc1ccc(C(O)Cn2c3c(c4cc(C)ccc42)CN(C)CC3)cc1CO.Cc1ccc2c(c1)c1c(n2CC(=O)c2cc[n+]([O-])cc2)CCN(C)C1.Cc1ccc2c(c1)c1c(n2CC(O)c2cc[n+]([O-])cc2)CCN(C)C1.Cc1ccc2c(c1)c1c(n2CC(O)c2ccc(C(=O)O)cc2)CCN(C)C1. The molecular formula is C85H96N10O10. The van der Waals surface area contributed by atoms with Crippen LogP contribution in [0.4, 0.5) is 0 Å². The number of carboxylic acid groups (broad SMARTS) is 1. The number of benzene rings is 6. The van der Waals surface area contributed by atoms with Crippen molar-refractivity contribution < 1.29 is 49.3 Å². The summed E-state index contributed by atoms with van der Waals surface area (Å²) in [5.74, 6) is -0.290. The van der Waals surface area contributed by atoms with Gasteiger partial charge in [-0.15, -0.1) is 0 Å². The van der Waals surface area contributed by atoms with Crippen molar-refractivity contribution in [3.63, 3.8) is 0 Å². The molecule has 0 fully saturated rings. The number of aromatic carboxylic acids is 1. The number of aliphatic hydroxyl groups is 4. The lowest BCUT2D eigenvalue weighted by molar-refractivity contribution is -0.605. The summed E-state index contributed by atoms with van der Waals surface area (Å²) < 4.78 is 15.7. The van der Waals surface area contributed by atoms with Crippen LogP contribution in [0, 0.1) is 38.1 Å². The van der Waals surface area contributed by atoms with E-state index in [1.807, 2.05) is 18.2 Å². The maximum atomic E-state index is 12.7. The van der Waals surface area contributed by atoms with Gasteiger partial charge in [-0.2, -0.15) is 9.46 Å². The molecule has 6 aromatic heterocycles. The van der Waals surface area contributed by atoms with Crippen LogP contribution in [0.5, 0.6) is 5.75 Å². The molecule has 10 heterocycles. The Morgan fingerprint density at radius 3 is 1.13 bits per heavy atom. The maximum absolute atomic E-state index is 12.7. The minimum absolute atomic E-state index is 0.0276. The van der Waals surface area contributed by atoms with Crippen LogP contribution in [-0.4, -0.2) is 137 Å². The Morgan fingerprint density at radius 1 is 0.438 bits per heavy atom. The van der Waals surface area contributed by atoms with Gasteiger partial charge >= 0.3 is 5.97 Å². The number of pyridine rings is 2. The Labute approximate surface area is 612 Å². The number of carboxylic acids is 1. The fourth-order valence-corrected chi connectivity index (χ4v) is 15.9. The number of hydrogen-bond acceptors (Lipinski definition) is 13. The van der Waals surface area contributed by atoms with E-state index in [0.717, 1.165) is 110 Å². The highest BCUT2D eigenvalue weighted by Gasteiger charge is 2.29. The van der Waals surface area contributed by atoms with E-state index in [9.17, 15) is 40.4 Å². The summed E-state index contributed by atoms with van der Waals surface area (Å²) in [5.41, 5.74) is 24.1. The molecule has 5 N–H and O–H groups in total. The highest BCUT2D eigenvalue weighted by Crippen LogP contribution is 2.38.